The summed E-state index contributed by atoms with van der Waals surface area (Å²) < 4.78 is 42.3. The Morgan fingerprint density at radius 1 is 1.38 bits per heavy atom. The van der Waals surface area contributed by atoms with Gasteiger partial charge in [-0.15, -0.1) is 0 Å². The third-order valence-corrected chi connectivity index (χ3v) is 4.51. The van der Waals surface area contributed by atoms with E-state index in [1.165, 1.54) is 17.4 Å². The predicted molar refractivity (Wildman–Crippen MR) is 84.5 cm³/mol. The molecule has 140 valence electrons. The minimum absolute atomic E-state index is 0.0146. The highest BCUT2D eigenvalue weighted by atomic mass is 19.4. The molecule has 1 fully saturated rings. The van der Waals surface area contributed by atoms with Crippen molar-refractivity contribution >= 4 is 17.6 Å². The number of nitrogens with two attached hydrogens (primary N) is 1. The molecule has 26 heavy (non-hydrogen) atoms. The summed E-state index contributed by atoms with van der Waals surface area (Å²) in [5, 5.41) is 9.13. The predicted octanol–water partition coefficient (Wildman–Crippen LogP) is 0.762. The quantitative estimate of drug-likeness (QED) is 0.528. The number of carbonyl (C=O) groups is 2. The van der Waals surface area contributed by atoms with Gasteiger partial charge in [0.25, 0.3) is 5.91 Å². The normalized spacial score (nSPS) is 22.9. The largest absolute Gasteiger partial charge is 0.471 e. The summed E-state index contributed by atoms with van der Waals surface area (Å²) in [5.74, 6) is -3.27. The second-order valence-corrected chi connectivity index (χ2v) is 6.23. The number of carbonyl (C=O) groups excluding carboxylic acids is 2. The average molecular weight is 370 g/mol. The monoisotopic (exact) mass is 370 g/mol. The highest BCUT2D eigenvalue weighted by Crippen LogP contribution is 2.28. The zero-order valence-electron chi connectivity index (χ0n) is 13.6. The molecule has 4 N–H and O–H groups in total. The number of rotatable bonds is 2. The van der Waals surface area contributed by atoms with Crippen molar-refractivity contribution in [3.8, 4) is 0 Å². The van der Waals surface area contributed by atoms with Crippen molar-refractivity contribution in [2.24, 2.45) is 5.73 Å². The highest BCUT2D eigenvalue weighted by Gasteiger charge is 2.40. The van der Waals surface area contributed by atoms with Crippen molar-refractivity contribution in [1.29, 1.82) is 5.41 Å². The number of nitrogens with zero attached hydrogens (tertiary/aromatic N) is 1. The molecule has 10 heteroatoms. The molecule has 0 aromatic heterocycles. The second kappa shape index (κ2) is 6.69. The van der Waals surface area contributed by atoms with Crippen LogP contribution in [0, 0.1) is 5.41 Å². The fourth-order valence-electron chi connectivity index (χ4n) is 3.06. The summed E-state index contributed by atoms with van der Waals surface area (Å²) in [4.78, 5) is 25.2. The SMILES string of the molecule is N=C(NC(=O)C(F)(F)F)c1ccc2c(c1)C(=O)N([C@@H]1COCC[C@H]1N)C2. The molecule has 1 aromatic carbocycles. The van der Waals surface area contributed by atoms with Crippen LogP contribution >= 0.6 is 0 Å². The van der Waals surface area contributed by atoms with Crippen molar-refractivity contribution in [2.45, 2.75) is 31.2 Å². The number of amides is 2. The molecule has 0 bridgehead atoms. The van der Waals surface area contributed by atoms with Crippen LogP contribution in [0.15, 0.2) is 18.2 Å². The molecule has 0 aliphatic carbocycles. The average Bonchev–Trinajstić information content (AvgIpc) is 2.90. The summed E-state index contributed by atoms with van der Waals surface area (Å²) in [6, 6.07) is 3.77. The number of halogens is 3. The number of fused-ring (bicyclic) bond motifs is 1. The molecule has 2 amide bonds. The minimum Gasteiger partial charge on any atom is -0.379 e. The third-order valence-electron chi connectivity index (χ3n) is 4.51. The zero-order chi connectivity index (χ0) is 19.1. The van der Waals surface area contributed by atoms with E-state index in [0.29, 0.717) is 31.7 Å². The van der Waals surface area contributed by atoms with E-state index in [0.717, 1.165) is 0 Å². The van der Waals surface area contributed by atoms with E-state index in [4.69, 9.17) is 15.9 Å². The molecule has 0 spiro atoms. The third kappa shape index (κ3) is 3.42. The lowest BCUT2D eigenvalue weighted by Gasteiger charge is -2.35. The van der Waals surface area contributed by atoms with Crippen LogP contribution in [0.1, 0.15) is 27.9 Å². The first kappa shape index (κ1) is 18.3. The minimum atomic E-state index is -5.09. The summed E-state index contributed by atoms with van der Waals surface area (Å²) in [6.07, 6.45) is -4.46. The van der Waals surface area contributed by atoms with Gasteiger partial charge in [-0.3, -0.25) is 15.0 Å². The molecular weight excluding hydrogens is 353 g/mol. The molecule has 0 radical (unpaired) electrons. The van der Waals surface area contributed by atoms with Crippen molar-refractivity contribution in [1.82, 2.24) is 10.2 Å². The number of nitrogens with one attached hydrogen (secondary N) is 2. The van der Waals surface area contributed by atoms with Gasteiger partial charge in [-0.05, 0) is 18.1 Å². The van der Waals surface area contributed by atoms with Crippen molar-refractivity contribution in [2.75, 3.05) is 13.2 Å². The van der Waals surface area contributed by atoms with Crippen LogP contribution in [0.3, 0.4) is 0 Å². The number of hydrogen-bond donors (Lipinski definition) is 3. The summed E-state index contributed by atoms with van der Waals surface area (Å²) in [6.45, 7) is 1.18. The Morgan fingerprint density at radius 3 is 2.77 bits per heavy atom. The maximum absolute atomic E-state index is 12.7. The van der Waals surface area contributed by atoms with Crippen molar-refractivity contribution in [3.63, 3.8) is 0 Å². The summed E-state index contributed by atoms with van der Waals surface area (Å²) in [7, 11) is 0. The van der Waals surface area contributed by atoms with Gasteiger partial charge in [0, 0.05) is 30.3 Å². The van der Waals surface area contributed by atoms with Gasteiger partial charge in [-0.1, -0.05) is 12.1 Å². The second-order valence-electron chi connectivity index (χ2n) is 6.23. The Hall–Kier alpha value is -2.46. The molecule has 2 aliphatic rings. The Kier molecular flexibility index (Phi) is 4.72. The Morgan fingerprint density at radius 2 is 2.12 bits per heavy atom. The first-order valence-corrected chi connectivity index (χ1v) is 7.93. The van der Waals surface area contributed by atoms with E-state index in [1.807, 2.05) is 0 Å². The van der Waals surface area contributed by atoms with Crippen LogP contribution in [0.4, 0.5) is 13.2 Å². The molecule has 2 aliphatic heterocycles. The summed E-state index contributed by atoms with van der Waals surface area (Å²) in [5.41, 5.74) is 7.05. The standard InChI is InChI=1S/C16H17F3N4O3/c17-16(18,19)15(25)22-13(21)8-1-2-9-6-23(14(24)10(9)5-8)12-7-26-4-3-11(12)20/h1-2,5,11-12H,3-4,6-7,20H2,(H2,21,22,25)/t11-,12-/m1/s1. The lowest BCUT2D eigenvalue weighted by molar-refractivity contribution is -0.171. The van der Waals surface area contributed by atoms with Crippen molar-refractivity contribution in [3.05, 3.63) is 34.9 Å². The Bertz CT molecular complexity index is 766. The van der Waals surface area contributed by atoms with E-state index >= 15 is 0 Å². The highest BCUT2D eigenvalue weighted by molar-refractivity contribution is 6.09. The smallest absolute Gasteiger partial charge is 0.379 e. The van der Waals surface area contributed by atoms with E-state index in [9.17, 15) is 22.8 Å². The first-order valence-electron chi connectivity index (χ1n) is 7.93. The lowest BCUT2D eigenvalue weighted by Crippen LogP contribution is -2.53. The lowest BCUT2D eigenvalue weighted by atomic mass is 10.0. The van der Waals surface area contributed by atoms with Crippen LogP contribution in [0.2, 0.25) is 0 Å². The van der Waals surface area contributed by atoms with Crippen LogP contribution in [-0.4, -0.2) is 54.0 Å². The molecule has 1 saturated heterocycles. The van der Waals surface area contributed by atoms with Gasteiger partial charge >= 0.3 is 12.1 Å². The fourth-order valence-corrected chi connectivity index (χ4v) is 3.06. The van der Waals surface area contributed by atoms with Crippen molar-refractivity contribution < 1.29 is 27.5 Å². The van der Waals surface area contributed by atoms with Gasteiger partial charge in [0.15, 0.2) is 0 Å². The first-order chi connectivity index (χ1) is 12.2. The van der Waals surface area contributed by atoms with Crippen LogP contribution in [0.25, 0.3) is 0 Å². The maximum Gasteiger partial charge on any atom is 0.471 e. The van der Waals surface area contributed by atoms with E-state index in [1.54, 1.807) is 11.0 Å². The molecule has 2 heterocycles. The van der Waals surface area contributed by atoms with E-state index in [-0.39, 0.29) is 29.1 Å². The fraction of sp³-hybridized carbons (Fsp3) is 0.438. The van der Waals surface area contributed by atoms with Gasteiger partial charge in [-0.2, -0.15) is 13.2 Å². The van der Waals surface area contributed by atoms with Gasteiger partial charge in [0.05, 0.1) is 12.6 Å². The molecule has 0 unspecified atom stereocenters. The number of benzene rings is 1. The number of alkyl halides is 3. The molecule has 7 nitrogen and oxygen atoms in total. The van der Waals surface area contributed by atoms with Gasteiger partial charge in [0.2, 0.25) is 0 Å². The molecule has 0 saturated carbocycles. The van der Waals surface area contributed by atoms with E-state index < -0.39 is 17.9 Å². The van der Waals surface area contributed by atoms with Crippen LogP contribution < -0.4 is 11.1 Å². The Labute approximate surface area is 146 Å². The number of ether oxygens (including phenoxy) is 1. The molecular formula is C16H17F3N4O3. The van der Waals surface area contributed by atoms with Crippen LogP contribution in [0.5, 0.6) is 0 Å². The molecule has 1 aromatic rings. The van der Waals surface area contributed by atoms with Gasteiger partial charge in [0.1, 0.15) is 5.84 Å². The van der Waals surface area contributed by atoms with E-state index in [2.05, 4.69) is 0 Å². The number of amidine groups is 1. The van der Waals surface area contributed by atoms with Gasteiger partial charge in [-0.25, -0.2) is 0 Å². The molecule has 3 rings (SSSR count). The Balaban J connectivity index is 1.78. The topological polar surface area (TPSA) is 109 Å². The summed E-state index contributed by atoms with van der Waals surface area (Å²) >= 11 is 0. The van der Waals surface area contributed by atoms with Crippen LogP contribution in [-0.2, 0) is 16.1 Å². The number of hydrogen-bond acceptors (Lipinski definition) is 5. The maximum atomic E-state index is 12.7. The van der Waals surface area contributed by atoms with Gasteiger partial charge < -0.3 is 20.7 Å². The molecule has 2 atom stereocenters. The zero-order valence-corrected chi connectivity index (χ0v) is 13.6.